The van der Waals surface area contributed by atoms with Gasteiger partial charge >= 0.3 is 0 Å². The molecule has 0 fully saturated rings. The van der Waals surface area contributed by atoms with E-state index in [1.807, 2.05) is 0 Å². The molecule has 0 aromatic heterocycles. The summed E-state index contributed by atoms with van der Waals surface area (Å²) < 4.78 is 0. The molecule has 0 aliphatic rings. The third kappa shape index (κ3) is 8.22. The summed E-state index contributed by atoms with van der Waals surface area (Å²) in [7, 11) is 8.28. The van der Waals surface area contributed by atoms with Gasteiger partial charge in [0.15, 0.2) is 0 Å². The molecule has 3 nitrogen and oxygen atoms in total. The predicted octanol–water partition coefficient (Wildman–Crippen LogP) is 0.498. The number of rotatable bonds is 7. The average Bonchev–Trinajstić information content (AvgIpc) is 2.04. The van der Waals surface area contributed by atoms with Crippen LogP contribution < -0.4 is 0 Å². The molecule has 3 heteroatoms. The van der Waals surface area contributed by atoms with Gasteiger partial charge in [-0.15, -0.1) is 0 Å². The maximum atomic E-state index is 9.11. The average molecular weight is 188 g/mol. The molecular weight excluding hydrogens is 164 g/mol. The fraction of sp³-hybridized carbons (Fsp3) is 1.00. The zero-order chi connectivity index (χ0) is 10.3. The van der Waals surface area contributed by atoms with Gasteiger partial charge in [0.25, 0.3) is 0 Å². The van der Waals surface area contributed by atoms with Crippen LogP contribution in [0.25, 0.3) is 0 Å². The summed E-state index contributed by atoms with van der Waals surface area (Å²) in [5.74, 6) is 0.463. The molecular formula is C10H24N2O. The maximum Gasteiger partial charge on any atom is 0.0460 e. The Bertz CT molecular complexity index is 103. The van der Waals surface area contributed by atoms with Crippen molar-refractivity contribution in [2.24, 2.45) is 5.92 Å². The maximum absolute atomic E-state index is 9.11. The molecule has 0 unspecified atom stereocenters. The first-order valence-electron chi connectivity index (χ1n) is 4.96. The van der Waals surface area contributed by atoms with Gasteiger partial charge in [0.05, 0.1) is 0 Å². The lowest BCUT2D eigenvalue weighted by molar-refractivity contribution is 0.188. The molecule has 80 valence electrons. The lowest BCUT2D eigenvalue weighted by Gasteiger charge is -2.18. The molecule has 0 aliphatic carbocycles. The van der Waals surface area contributed by atoms with Gasteiger partial charge in [-0.25, -0.2) is 0 Å². The van der Waals surface area contributed by atoms with E-state index in [1.165, 1.54) is 0 Å². The van der Waals surface area contributed by atoms with Crippen LogP contribution in [-0.4, -0.2) is 62.8 Å². The summed E-state index contributed by atoms with van der Waals surface area (Å²) in [5, 5.41) is 9.11. The first-order chi connectivity index (χ1) is 6.06. The SMILES string of the molecule is CN(C)CCC(CO)CCN(C)C. The van der Waals surface area contributed by atoms with Crippen LogP contribution in [0.2, 0.25) is 0 Å². The number of aliphatic hydroxyl groups excluding tert-OH is 1. The van der Waals surface area contributed by atoms with E-state index in [0.29, 0.717) is 12.5 Å². The van der Waals surface area contributed by atoms with Gasteiger partial charge in [-0.1, -0.05) is 0 Å². The topological polar surface area (TPSA) is 26.7 Å². The van der Waals surface area contributed by atoms with Gasteiger partial charge in [0.2, 0.25) is 0 Å². The molecule has 0 heterocycles. The first-order valence-corrected chi connectivity index (χ1v) is 4.96. The van der Waals surface area contributed by atoms with Crippen molar-refractivity contribution in [2.45, 2.75) is 12.8 Å². The molecule has 1 N–H and O–H groups in total. The van der Waals surface area contributed by atoms with Crippen LogP contribution in [0.4, 0.5) is 0 Å². The van der Waals surface area contributed by atoms with Gasteiger partial charge in [-0.05, 0) is 60.0 Å². The summed E-state index contributed by atoms with van der Waals surface area (Å²) >= 11 is 0. The molecule has 0 aromatic carbocycles. The molecule has 0 aliphatic heterocycles. The van der Waals surface area contributed by atoms with Crippen molar-refractivity contribution in [1.82, 2.24) is 9.80 Å². The fourth-order valence-electron chi connectivity index (χ4n) is 1.21. The monoisotopic (exact) mass is 188 g/mol. The summed E-state index contributed by atoms with van der Waals surface area (Å²) in [6, 6.07) is 0. The number of hydrogen-bond donors (Lipinski definition) is 1. The Morgan fingerprint density at radius 1 is 0.923 bits per heavy atom. The largest absolute Gasteiger partial charge is 0.396 e. The van der Waals surface area contributed by atoms with E-state index in [4.69, 9.17) is 5.11 Å². The standard InChI is InChI=1S/C10H24N2O/c1-11(2)7-5-10(9-13)6-8-12(3)4/h10,13H,5-9H2,1-4H3. The van der Waals surface area contributed by atoms with E-state index in [1.54, 1.807) is 0 Å². The number of nitrogens with zero attached hydrogens (tertiary/aromatic N) is 2. The smallest absolute Gasteiger partial charge is 0.0460 e. The van der Waals surface area contributed by atoms with E-state index in [0.717, 1.165) is 25.9 Å². The normalized spacial score (nSPS) is 12.0. The molecule has 0 aromatic rings. The second kappa shape index (κ2) is 7.30. The van der Waals surface area contributed by atoms with Crippen LogP contribution in [-0.2, 0) is 0 Å². The van der Waals surface area contributed by atoms with Crippen LogP contribution in [0.5, 0.6) is 0 Å². The van der Waals surface area contributed by atoms with Crippen molar-refractivity contribution >= 4 is 0 Å². The third-order valence-corrected chi connectivity index (χ3v) is 2.23. The highest BCUT2D eigenvalue weighted by Gasteiger charge is 2.07. The molecule has 0 saturated carbocycles. The van der Waals surface area contributed by atoms with Crippen LogP contribution in [0.1, 0.15) is 12.8 Å². The highest BCUT2D eigenvalue weighted by atomic mass is 16.3. The number of hydrogen-bond acceptors (Lipinski definition) is 3. The van der Waals surface area contributed by atoms with Gasteiger partial charge < -0.3 is 14.9 Å². The van der Waals surface area contributed by atoms with Crippen LogP contribution in [0, 0.1) is 5.92 Å². The van der Waals surface area contributed by atoms with Crippen LogP contribution in [0.3, 0.4) is 0 Å². The minimum absolute atomic E-state index is 0.321. The zero-order valence-corrected chi connectivity index (χ0v) is 9.45. The summed E-state index contributed by atoms with van der Waals surface area (Å²) in [4.78, 5) is 4.33. The Kier molecular flexibility index (Phi) is 7.23. The molecule has 0 atom stereocenters. The Hall–Kier alpha value is -0.120. The van der Waals surface area contributed by atoms with Crippen molar-refractivity contribution in [2.75, 3.05) is 47.9 Å². The number of aliphatic hydroxyl groups is 1. The molecule has 0 amide bonds. The Labute approximate surface area is 82.3 Å². The van der Waals surface area contributed by atoms with Crippen molar-refractivity contribution in [3.05, 3.63) is 0 Å². The Balaban J connectivity index is 3.51. The Morgan fingerprint density at radius 3 is 1.54 bits per heavy atom. The quantitative estimate of drug-likeness (QED) is 0.630. The first kappa shape index (κ1) is 12.9. The van der Waals surface area contributed by atoms with Crippen molar-refractivity contribution in [3.63, 3.8) is 0 Å². The highest BCUT2D eigenvalue weighted by molar-refractivity contribution is 4.61. The van der Waals surface area contributed by atoms with Gasteiger partial charge in [0.1, 0.15) is 0 Å². The van der Waals surface area contributed by atoms with E-state index < -0.39 is 0 Å². The highest BCUT2D eigenvalue weighted by Crippen LogP contribution is 2.08. The fourth-order valence-corrected chi connectivity index (χ4v) is 1.21. The summed E-state index contributed by atoms with van der Waals surface area (Å²) in [5.41, 5.74) is 0. The van der Waals surface area contributed by atoms with E-state index in [-0.39, 0.29) is 0 Å². The van der Waals surface area contributed by atoms with Crippen molar-refractivity contribution in [1.29, 1.82) is 0 Å². The minimum atomic E-state index is 0.321. The minimum Gasteiger partial charge on any atom is -0.396 e. The van der Waals surface area contributed by atoms with Crippen molar-refractivity contribution < 1.29 is 5.11 Å². The lowest BCUT2D eigenvalue weighted by Crippen LogP contribution is -2.22. The van der Waals surface area contributed by atoms with Gasteiger partial charge in [0, 0.05) is 6.61 Å². The third-order valence-electron chi connectivity index (χ3n) is 2.23. The second-order valence-electron chi connectivity index (χ2n) is 4.23. The molecule has 13 heavy (non-hydrogen) atoms. The van der Waals surface area contributed by atoms with Crippen LogP contribution in [0.15, 0.2) is 0 Å². The lowest BCUT2D eigenvalue weighted by atomic mass is 10.0. The Morgan fingerprint density at radius 2 is 1.31 bits per heavy atom. The van der Waals surface area contributed by atoms with E-state index in [9.17, 15) is 0 Å². The second-order valence-corrected chi connectivity index (χ2v) is 4.23. The zero-order valence-electron chi connectivity index (χ0n) is 9.45. The van der Waals surface area contributed by atoms with E-state index >= 15 is 0 Å². The van der Waals surface area contributed by atoms with Gasteiger partial charge in [-0.2, -0.15) is 0 Å². The van der Waals surface area contributed by atoms with Crippen molar-refractivity contribution in [3.8, 4) is 0 Å². The molecule has 0 rings (SSSR count). The molecule has 0 bridgehead atoms. The molecule has 0 saturated heterocycles. The summed E-state index contributed by atoms with van der Waals surface area (Å²) in [6.07, 6.45) is 2.19. The summed E-state index contributed by atoms with van der Waals surface area (Å²) in [6.45, 7) is 2.46. The van der Waals surface area contributed by atoms with Gasteiger partial charge in [-0.3, -0.25) is 0 Å². The van der Waals surface area contributed by atoms with Crippen LogP contribution >= 0.6 is 0 Å². The van der Waals surface area contributed by atoms with E-state index in [2.05, 4.69) is 38.0 Å². The molecule has 0 radical (unpaired) electrons. The molecule has 0 spiro atoms. The predicted molar refractivity (Wildman–Crippen MR) is 56.9 cm³/mol.